The van der Waals surface area contributed by atoms with Crippen LogP contribution >= 0.6 is 23.2 Å². The van der Waals surface area contributed by atoms with Gasteiger partial charge in [-0.2, -0.15) is 0 Å². The number of hydrogen-bond acceptors (Lipinski definition) is 4. The maximum atomic E-state index is 14.0. The highest BCUT2D eigenvalue weighted by atomic mass is 35.5. The molecule has 0 aliphatic heterocycles. The van der Waals surface area contributed by atoms with Crippen molar-refractivity contribution >= 4 is 50.7 Å². The second kappa shape index (κ2) is 13.0. The van der Waals surface area contributed by atoms with Gasteiger partial charge in [0.05, 0.1) is 10.6 Å². The highest BCUT2D eigenvalue weighted by molar-refractivity contribution is 7.92. The van der Waals surface area contributed by atoms with Crippen molar-refractivity contribution < 1.29 is 22.4 Å². The van der Waals surface area contributed by atoms with Gasteiger partial charge in [0.15, 0.2) is 0 Å². The molecular formula is C29H32Cl2FN3O4S. The Morgan fingerprint density at radius 1 is 0.950 bits per heavy atom. The second-order valence-corrected chi connectivity index (χ2v) is 13.0. The summed E-state index contributed by atoms with van der Waals surface area (Å²) in [5, 5.41) is 3.26. The smallest absolute Gasteiger partial charge is 0.264 e. The number of benzene rings is 3. The molecule has 1 unspecified atom stereocenters. The molecule has 2 amide bonds. The Morgan fingerprint density at radius 2 is 1.52 bits per heavy atom. The van der Waals surface area contributed by atoms with Gasteiger partial charge in [-0.1, -0.05) is 60.5 Å². The van der Waals surface area contributed by atoms with Crippen LogP contribution in [0.5, 0.6) is 0 Å². The lowest BCUT2D eigenvalue weighted by Crippen LogP contribution is -2.55. The zero-order valence-electron chi connectivity index (χ0n) is 22.7. The quantitative estimate of drug-likeness (QED) is 0.304. The van der Waals surface area contributed by atoms with E-state index in [0.29, 0.717) is 5.56 Å². The fraction of sp³-hybridized carbons (Fsp3) is 0.310. The van der Waals surface area contributed by atoms with Crippen LogP contribution in [0, 0.1) is 5.82 Å². The van der Waals surface area contributed by atoms with Gasteiger partial charge in [0.25, 0.3) is 10.0 Å². The molecule has 0 spiro atoms. The zero-order chi connectivity index (χ0) is 29.7. The lowest BCUT2D eigenvalue weighted by molar-refractivity contribution is -0.141. The second-order valence-electron chi connectivity index (χ2n) is 10.3. The lowest BCUT2D eigenvalue weighted by Gasteiger charge is -2.34. The molecule has 0 heterocycles. The number of rotatable bonds is 10. The number of sulfonamides is 1. The van der Waals surface area contributed by atoms with Crippen LogP contribution in [0.2, 0.25) is 10.0 Å². The molecule has 0 aliphatic carbocycles. The zero-order valence-corrected chi connectivity index (χ0v) is 25.0. The first-order chi connectivity index (χ1) is 18.7. The molecule has 0 saturated carbocycles. The summed E-state index contributed by atoms with van der Waals surface area (Å²) in [6.45, 7) is 6.52. The van der Waals surface area contributed by atoms with Gasteiger partial charge in [0.1, 0.15) is 18.4 Å². The van der Waals surface area contributed by atoms with Crippen molar-refractivity contribution in [1.29, 1.82) is 0 Å². The normalized spacial score (nSPS) is 12.5. The predicted octanol–water partition coefficient (Wildman–Crippen LogP) is 6.05. The maximum Gasteiger partial charge on any atom is 0.264 e. The summed E-state index contributed by atoms with van der Waals surface area (Å²) in [4.78, 5) is 28.6. The summed E-state index contributed by atoms with van der Waals surface area (Å²) in [6, 6.07) is 16.5. The van der Waals surface area contributed by atoms with Crippen LogP contribution in [0.15, 0.2) is 77.7 Å². The van der Waals surface area contributed by atoms with Crippen molar-refractivity contribution in [2.24, 2.45) is 0 Å². The molecule has 3 aromatic carbocycles. The first-order valence-electron chi connectivity index (χ1n) is 12.6. The summed E-state index contributed by atoms with van der Waals surface area (Å²) >= 11 is 12.4. The van der Waals surface area contributed by atoms with E-state index in [1.165, 1.54) is 59.5 Å². The molecule has 7 nitrogen and oxygen atoms in total. The molecular weight excluding hydrogens is 576 g/mol. The third kappa shape index (κ3) is 8.19. The highest BCUT2D eigenvalue weighted by Crippen LogP contribution is 2.30. The Kier molecular flexibility index (Phi) is 10.2. The van der Waals surface area contributed by atoms with Crippen molar-refractivity contribution in [3.05, 3.63) is 94.2 Å². The maximum absolute atomic E-state index is 14.0. The standard InChI is InChI=1S/C29H32Cl2FN3O4S/c1-5-26(28(37)33-29(2,3)4)34(18-20-11-13-23(32)14-12-20)27(36)19-35(24-16-21(30)15-22(31)17-24)40(38,39)25-9-7-6-8-10-25/h6-17,26H,5,18-19H2,1-4H3,(H,33,37). The van der Waals surface area contributed by atoms with Crippen LogP contribution in [-0.2, 0) is 26.2 Å². The molecule has 0 aromatic heterocycles. The van der Waals surface area contributed by atoms with Gasteiger partial charge < -0.3 is 10.2 Å². The van der Waals surface area contributed by atoms with Gasteiger partial charge in [-0.25, -0.2) is 12.8 Å². The van der Waals surface area contributed by atoms with E-state index in [4.69, 9.17) is 23.2 Å². The Hall–Kier alpha value is -3.14. The molecule has 0 radical (unpaired) electrons. The van der Waals surface area contributed by atoms with E-state index >= 15 is 0 Å². The van der Waals surface area contributed by atoms with Gasteiger partial charge >= 0.3 is 0 Å². The Labute approximate surface area is 244 Å². The van der Waals surface area contributed by atoms with E-state index in [9.17, 15) is 22.4 Å². The molecule has 3 rings (SSSR count). The van der Waals surface area contributed by atoms with Gasteiger partial charge in [-0.3, -0.25) is 13.9 Å². The van der Waals surface area contributed by atoms with E-state index < -0.39 is 45.8 Å². The van der Waals surface area contributed by atoms with Crippen molar-refractivity contribution in [3.63, 3.8) is 0 Å². The number of carbonyl (C=O) groups excluding carboxylic acids is 2. The predicted molar refractivity (Wildman–Crippen MR) is 156 cm³/mol. The summed E-state index contributed by atoms with van der Waals surface area (Å²) in [7, 11) is -4.26. The fourth-order valence-corrected chi connectivity index (χ4v) is 6.02. The van der Waals surface area contributed by atoms with E-state index in [0.717, 1.165) is 4.31 Å². The third-order valence-electron chi connectivity index (χ3n) is 5.90. The van der Waals surface area contributed by atoms with Gasteiger partial charge in [0, 0.05) is 22.1 Å². The molecule has 1 N–H and O–H groups in total. The van der Waals surface area contributed by atoms with Crippen molar-refractivity contribution in [3.8, 4) is 0 Å². The van der Waals surface area contributed by atoms with Gasteiger partial charge in [0.2, 0.25) is 11.8 Å². The molecule has 0 saturated heterocycles. The van der Waals surface area contributed by atoms with Gasteiger partial charge in [-0.05, 0) is 75.2 Å². The number of anilines is 1. The van der Waals surface area contributed by atoms with Crippen LogP contribution < -0.4 is 9.62 Å². The monoisotopic (exact) mass is 607 g/mol. The van der Waals surface area contributed by atoms with Crippen molar-refractivity contribution in [2.75, 3.05) is 10.8 Å². The summed E-state index contributed by atoms with van der Waals surface area (Å²) < 4.78 is 42.2. The van der Waals surface area contributed by atoms with Crippen LogP contribution in [-0.4, -0.2) is 43.3 Å². The minimum absolute atomic E-state index is 0.0403. The summed E-state index contributed by atoms with van der Waals surface area (Å²) in [5.41, 5.74) is 0.0821. The molecule has 11 heteroatoms. The number of nitrogens with one attached hydrogen (secondary N) is 1. The van der Waals surface area contributed by atoms with E-state index in [1.807, 2.05) is 20.8 Å². The first-order valence-corrected chi connectivity index (χ1v) is 14.8. The topological polar surface area (TPSA) is 86.8 Å². The number of halogens is 3. The molecule has 3 aromatic rings. The SMILES string of the molecule is CCC(C(=O)NC(C)(C)C)N(Cc1ccc(F)cc1)C(=O)CN(c1cc(Cl)cc(Cl)c1)S(=O)(=O)c1ccccc1. The van der Waals surface area contributed by atoms with E-state index in [2.05, 4.69) is 5.32 Å². The van der Waals surface area contributed by atoms with Crippen molar-refractivity contribution in [2.45, 2.75) is 57.1 Å². The molecule has 40 heavy (non-hydrogen) atoms. The third-order valence-corrected chi connectivity index (χ3v) is 8.12. The van der Waals surface area contributed by atoms with Crippen LogP contribution in [0.4, 0.5) is 10.1 Å². The largest absolute Gasteiger partial charge is 0.350 e. The lowest BCUT2D eigenvalue weighted by atomic mass is 10.1. The van der Waals surface area contributed by atoms with Crippen molar-refractivity contribution in [1.82, 2.24) is 10.2 Å². The highest BCUT2D eigenvalue weighted by Gasteiger charge is 2.34. The molecule has 1 atom stereocenters. The summed E-state index contributed by atoms with van der Waals surface area (Å²) in [6.07, 6.45) is 0.253. The first kappa shape index (κ1) is 31.4. The van der Waals surface area contributed by atoms with Gasteiger partial charge in [-0.15, -0.1) is 0 Å². The molecule has 0 fully saturated rings. The average Bonchev–Trinajstić information content (AvgIpc) is 2.87. The molecule has 0 bridgehead atoms. The Bertz CT molecular complexity index is 1430. The average molecular weight is 609 g/mol. The fourth-order valence-electron chi connectivity index (χ4n) is 4.09. The molecule has 0 aliphatic rings. The van der Waals surface area contributed by atoms with E-state index in [1.54, 1.807) is 25.1 Å². The number of carbonyl (C=O) groups is 2. The Morgan fingerprint density at radius 3 is 2.05 bits per heavy atom. The minimum Gasteiger partial charge on any atom is -0.350 e. The van der Waals surface area contributed by atoms with Crippen LogP contribution in [0.1, 0.15) is 39.7 Å². The number of hydrogen-bond donors (Lipinski definition) is 1. The number of amides is 2. The number of nitrogens with zero attached hydrogens (tertiary/aromatic N) is 2. The van der Waals surface area contributed by atoms with E-state index in [-0.39, 0.29) is 33.6 Å². The van der Waals surface area contributed by atoms with Crippen LogP contribution in [0.25, 0.3) is 0 Å². The molecule has 214 valence electrons. The minimum atomic E-state index is -4.26. The Balaban J connectivity index is 2.09. The summed E-state index contributed by atoms with van der Waals surface area (Å²) in [5.74, 6) is -1.48. The van der Waals surface area contributed by atoms with Crippen LogP contribution in [0.3, 0.4) is 0 Å².